The predicted molar refractivity (Wildman–Crippen MR) is 108 cm³/mol. The summed E-state index contributed by atoms with van der Waals surface area (Å²) in [6.07, 6.45) is 0.801. The number of piperazine rings is 1. The van der Waals surface area contributed by atoms with E-state index in [-0.39, 0.29) is 30.9 Å². The van der Waals surface area contributed by atoms with Crippen LogP contribution in [0.2, 0.25) is 0 Å². The van der Waals surface area contributed by atoms with Crippen LogP contribution in [0.3, 0.4) is 0 Å². The minimum atomic E-state index is -0.0350. The fraction of sp³-hybridized carbons (Fsp3) is 0.364. The van der Waals surface area contributed by atoms with E-state index in [9.17, 15) is 9.59 Å². The minimum Gasteiger partial charge on any atom is -0.355 e. The number of hydrogen-bond acceptors (Lipinski definition) is 3. The zero-order valence-electron chi connectivity index (χ0n) is 16.0. The number of carbonyl (C=O) groups is 2. The molecular formula is C22H27N3O2. The van der Waals surface area contributed by atoms with Gasteiger partial charge in [-0.25, -0.2) is 0 Å². The molecule has 0 spiro atoms. The molecule has 1 N–H and O–H groups in total. The summed E-state index contributed by atoms with van der Waals surface area (Å²) in [5.74, 6) is -0.000360. The highest BCUT2D eigenvalue weighted by Crippen LogP contribution is 2.22. The van der Waals surface area contributed by atoms with Crippen molar-refractivity contribution in [3.05, 3.63) is 65.7 Å². The zero-order chi connectivity index (χ0) is 19.2. The normalized spacial score (nSPS) is 17.8. The fourth-order valence-corrected chi connectivity index (χ4v) is 3.49. The van der Waals surface area contributed by atoms with Crippen LogP contribution in [-0.2, 0) is 16.0 Å². The number of amides is 2. The highest BCUT2D eigenvalue weighted by atomic mass is 16.2. The van der Waals surface area contributed by atoms with Crippen molar-refractivity contribution >= 4 is 17.5 Å². The number of nitrogens with one attached hydrogen (secondary N) is 1. The van der Waals surface area contributed by atoms with Crippen LogP contribution in [0.25, 0.3) is 0 Å². The summed E-state index contributed by atoms with van der Waals surface area (Å²) >= 11 is 0. The van der Waals surface area contributed by atoms with Crippen LogP contribution in [0.4, 0.5) is 5.69 Å². The van der Waals surface area contributed by atoms with Gasteiger partial charge in [0.1, 0.15) is 0 Å². The second-order valence-corrected chi connectivity index (χ2v) is 7.04. The monoisotopic (exact) mass is 365 g/mol. The predicted octanol–water partition coefficient (Wildman–Crippen LogP) is 2.39. The van der Waals surface area contributed by atoms with E-state index in [0.717, 1.165) is 12.1 Å². The van der Waals surface area contributed by atoms with Crippen molar-refractivity contribution in [2.45, 2.75) is 26.3 Å². The van der Waals surface area contributed by atoms with Crippen molar-refractivity contribution in [2.75, 3.05) is 31.1 Å². The maximum Gasteiger partial charge on any atom is 0.241 e. The van der Waals surface area contributed by atoms with E-state index in [2.05, 4.69) is 17.4 Å². The largest absolute Gasteiger partial charge is 0.355 e. The Balaban J connectivity index is 1.80. The van der Waals surface area contributed by atoms with E-state index in [0.29, 0.717) is 13.1 Å². The molecule has 0 bridgehead atoms. The molecule has 1 saturated heterocycles. The molecule has 2 aromatic rings. The van der Waals surface area contributed by atoms with Gasteiger partial charge in [0.15, 0.2) is 0 Å². The van der Waals surface area contributed by atoms with Gasteiger partial charge in [0.2, 0.25) is 11.8 Å². The van der Waals surface area contributed by atoms with E-state index in [4.69, 9.17) is 0 Å². The number of anilines is 1. The molecule has 0 aromatic heterocycles. The molecule has 1 fully saturated rings. The molecule has 27 heavy (non-hydrogen) atoms. The Morgan fingerprint density at radius 2 is 1.81 bits per heavy atom. The van der Waals surface area contributed by atoms with Gasteiger partial charge in [-0.3, -0.25) is 14.5 Å². The lowest BCUT2D eigenvalue weighted by Gasteiger charge is -2.40. The number of nitrogens with zero attached hydrogens (tertiary/aromatic N) is 2. The number of hydrogen-bond donors (Lipinski definition) is 1. The van der Waals surface area contributed by atoms with Crippen LogP contribution >= 0.6 is 0 Å². The molecule has 5 heteroatoms. The molecule has 0 radical (unpaired) electrons. The second kappa shape index (κ2) is 8.82. The van der Waals surface area contributed by atoms with Crippen molar-refractivity contribution in [3.8, 4) is 0 Å². The lowest BCUT2D eigenvalue weighted by molar-refractivity contribution is -0.126. The average Bonchev–Trinajstić information content (AvgIpc) is 2.66. The van der Waals surface area contributed by atoms with Gasteiger partial charge in [-0.1, -0.05) is 48.0 Å². The number of benzene rings is 2. The Bertz CT molecular complexity index is 774. The molecule has 0 unspecified atom stereocenters. The van der Waals surface area contributed by atoms with E-state index >= 15 is 0 Å². The molecule has 0 aliphatic carbocycles. The van der Waals surface area contributed by atoms with E-state index < -0.39 is 0 Å². The molecule has 3 rings (SSSR count). The Morgan fingerprint density at radius 1 is 1.11 bits per heavy atom. The first-order valence-corrected chi connectivity index (χ1v) is 9.48. The lowest BCUT2D eigenvalue weighted by Crippen LogP contribution is -2.59. The van der Waals surface area contributed by atoms with Crippen molar-refractivity contribution in [3.63, 3.8) is 0 Å². The average molecular weight is 365 g/mol. The maximum atomic E-state index is 12.8. The summed E-state index contributed by atoms with van der Waals surface area (Å²) in [6.45, 7) is 5.62. The standard InChI is InChI=1S/C22H27N3O2/c1-3-23-21(26)15-24-16-22(27)25(19-11-9-17(2)10-12-19)14-20(24)13-18-7-5-4-6-8-18/h4-12,20H,3,13-16H2,1-2H3,(H,23,26)/t20-/m0/s1. The van der Waals surface area contributed by atoms with Crippen LogP contribution in [0, 0.1) is 6.92 Å². The third-order valence-electron chi connectivity index (χ3n) is 4.93. The summed E-state index contributed by atoms with van der Waals surface area (Å²) < 4.78 is 0. The van der Waals surface area contributed by atoms with E-state index in [1.165, 1.54) is 11.1 Å². The summed E-state index contributed by atoms with van der Waals surface area (Å²) in [7, 11) is 0. The molecular weight excluding hydrogens is 338 g/mol. The maximum absolute atomic E-state index is 12.8. The fourth-order valence-electron chi connectivity index (χ4n) is 3.49. The first kappa shape index (κ1) is 19.1. The lowest BCUT2D eigenvalue weighted by atomic mass is 10.0. The smallest absolute Gasteiger partial charge is 0.241 e. The number of aryl methyl sites for hydroxylation is 1. The van der Waals surface area contributed by atoms with Crippen molar-refractivity contribution < 1.29 is 9.59 Å². The summed E-state index contributed by atoms with van der Waals surface area (Å²) in [4.78, 5) is 28.8. The van der Waals surface area contributed by atoms with Crippen LogP contribution in [-0.4, -0.2) is 48.9 Å². The van der Waals surface area contributed by atoms with Crippen molar-refractivity contribution in [1.82, 2.24) is 10.2 Å². The molecule has 5 nitrogen and oxygen atoms in total. The molecule has 0 saturated carbocycles. The highest BCUT2D eigenvalue weighted by molar-refractivity contribution is 5.96. The molecule has 1 atom stereocenters. The molecule has 1 aliphatic heterocycles. The van der Waals surface area contributed by atoms with Crippen LogP contribution in [0.1, 0.15) is 18.1 Å². The molecule has 1 heterocycles. The van der Waals surface area contributed by atoms with Gasteiger partial charge in [0, 0.05) is 24.8 Å². The Morgan fingerprint density at radius 3 is 2.48 bits per heavy atom. The van der Waals surface area contributed by atoms with Gasteiger partial charge in [0.25, 0.3) is 0 Å². The van der Waals surface area contributed by atoms with E-state index in [1.807, 2.05) is 66.1 Å². The Labute approximate surface area is 161 Å². The molecule has 1 aliphatic rings. The van der Waals surface area contributed by atoms with E-state index in [1.54, 1.807) is 0 Å². The third kappa shape index (κ3) is 4.95. The zero-order valence-corrected chi connectivity index (χ0v) is 16.0. The Kier molecular flexibility index (Phi) is 6.24. The summed E-state index contributed by atoms with van der Waals surface area (Å²) in [5.41, 5.74) is 3.30. The van der Waals surface area contributed by atoms with Crippen LogP contribution in [0.5, 0.6) is 0 Å². The number of likely N-dealkylation sites (N-methyl/N-ethyl adjacent to an activating group) is 1. The highest BCUT2D eigenvalue weighted by Gasteiger charge is 2.33. The van der Waals surface area contributed by atoms with Gasteiger partial charge >= 0.3 is 0 Å². The van der Waals surface area contributed by atoms with Gasteiger partial charge in [0.05, 0.1) is 13.1 Å². The van der Waals surface area contributed by atoms with Gasteiger partial charge < -0.3 is 10.2 Å². The first-order chi connectivity index (χ1) is 13.1. The van der Waals surface area contributed by atoms with Crippen molar-refractivity contribution in [2.24, 2.45) is 0 Å². The minimum absolute atomic E-state index is 0.0347. The van der Waals surface area contributed by atoms with Crippen molar-refractivity contribution in [1.29, 1.82) is 0 Å². The first-order valence-electron chi connectivity index (χ1n) is 9.48. The quantitative estimate of drug-likeness (QED) is 0.855. The topological polar surface area (TPSA) is 52.7 Å². The number of rotatable bonds is 6. The molecule has 142 valence electrons. The van der Waals surface area contributed by atoms with Crippen LogP contribution < -0.4 is 10.2 Å². The second-order valence-electron chi connectivity index (χ2n) is 7.04. The third-order valence-corrected chi connectivity index (χ3v) is 4.93. The molecule has 2 aromatic carbocycles. The van der Waals surface area contributed by atoms with Gasteiger partial charge in [-0.05, 0) is 38.0 Å². The number of carbonyl (C=O) groups excluding carboxylic acids is 2. The summed E-state index contributed by atoms with van der Waals surface area (Å²) in [6, 6.07) is 18.4. The van der Waals surface area contributed by atoms with Gasteiger partial charge in [-0.15, -0.1) is 0 Å². The Hall–Kier alpha value is -2.66. The van der Waals surface area contributed by atoms with Gasteiger partial charge in [-0.2, -0.15) is 0 Å². The molecule has 2 amide bonds. The summed E-state index contributed by atoms with van der Waals surface area (Å²) in [5, 5.41) is 2.84. The SMILES string of the molecule is CCNC(=O)CN1CC(=O)N(c2ccc(C)cc2)C[C@@H]1Cc1ccccc1. The van der Waals surface area contributed by atoms with Crippen LogP contribution in [0.15, 0.2) is 54.6 Å².